The van der Waals surface area contributed by atoms with Crippen molar-refractivity contribution in [2.45, 2.75) is 18.1 Å². The molecule has 2 aromatic rings. The Morgan fingerprint density at radius 2 is 1.58 bits per heavy atom. The lowest BCUT2D eigenvalue weighted by Gasteiger charge is -2.25. The van der Waals surface area contributed by atoms with E-state index in [1.807, 2.05) is 0 Å². The summed E-state index contributed by atoms with van der Waals surface area (Å²) in [6, 6.07) is 10.5. The fourth-order valence-corrected chi connectivity index (χ4v) is 2.47. The Labute approximate surface area is 164 Å². The summed E-state index contributed by atoms with van der Waals surface area (Å²) < 4.78 is 41.4. The normalized spacial score (nSPS) is 13.5. The van der Waals surface area contributed by atoms with Gasteiger partial charge in [0.2, 0.25) is 0 Å². The number of rotatable bonds is 6. The number of ether oxygens (including phenoxy) is 1. The van der Waals surface area contributed by atoms with Gasteiger partial charge in [0, 0.05) is 0 Å². The molecule has 2 rings (SSSR count). The van der Waals surface area contributed by atoms with Crippen molar-refractivity contribution >= 4 is 41.9 Å². The lowest BCUT2D eigenvalue weighted by molar-refractivity contribution is -0.139. The first-order valence-electron chi connectivity index (χ1n) is 7.16. The summed E-state index contributed by atoms with van der Waals surface area (Å²) in [5.74, 6) is 0.246. The van der Waals surface area contributed by atoms with Crippen molar-refractivity contribution in [3.8, 4) is 5.75 Å². The quantitative estimate of drug-likeness (QED) is 0.648. The first kappa shape index (κ1) is 22.6. The number of carbonyl (C=O) groups excluding carboxylic acids is 1. The molecule has 0 spiro atoms. The topological polar surface area (TPSA) is 52.3 Å². The third-order valence-corrected chi connectivity index (χ3v) is 4.31. The van der Waals surface area contributed by atoms with Crippen LogP contribution >= 0.6 is 35.6 Å². The molecule has 0 saturated heterocycles. The Morgan fingerprint density at radius 3 is 2.08 bits per heavy atom. The van der Waals surface area contributed by atoms with E-state index in [9.17, 15) is 18.0 Å². The van der Waals surface area contributed by atoms with Crippen molar-refractivity contribution in [1.29, 1.82) is 0 Å². The van der Waals surface area contributed by atoms with E-state index in [0.29, 0.717) is 22.4 Å². The van der Waals surface area contributed by atoms with Crippen molar-refractivity contribution in [1.82, 2.24) is 0 Å². The van der Waals surface area contributed by atoms with Crippen LogP contribution in [0.2, 0.25) is 10.0 Å². The summed E-state index contributed by atoms with van der Waals surface area (Å²) in [5, 5.41) is 0.579. The van der Waals surface area contributed by atoms with E-state index in [4.69, 9.17) is 33.7 Å². The Morgan fingerprint density at radius 1 is 1.00 bits per heavy atom. The fourth-order valence-electron chi connectivity index (χ4n) is 2.17. The highest BCUT2D eigenvalue weighted by Crippen LogP contribution is 2.31. The van der Waals surface area contributed by atoms with Gasteiger partial charge < -0.3 is 15.3 Å². The lowest BCUT2D eigenvalue weighted by Crippen LogP contribution is -2.39. The number of aldehydes is 1. The maximum atomic E-state index is 12.1. The average Bonchev–Trinajstić information content (AvgIpc) is 2.56. The molecule has 0 aliphatic rings. The van der Waals surface area contributed by atoms with E-state index in [0.717, 1.165) is 0 Å². The molecule has 26 heavy (non-hydrogen) atoms. The minimum atomic E-state index is -4.28. The molecule has 1 unspecified atom stereocenters. The third-order valence-electron chi connectivity index (χ3n) is 3.57. The van der Waals surface area contributed by atoms with Gasteiger partial charge in [0.1, 0.15) is 17.6 Å². The van der Waals surface area contributed by atoms with Crippen LogP contribution in [0.15, 0.2) is 42.5 Å². The predicted octanol–water partition coefficient (Wildman–Crippen LogP) is 5.15. The van der Waals surface area contributed by atoms with Gasteiger partial charge in [0.05, 0.1) is 23.1 Å². The molecule has 1 atom stereocenters. The van der Waals surface area contributed by atoms with E-state index < -0.39 is 24.7 Å². The Balaban J connectivity index is 0.00000338. The van der Waals surface area contributed by atoms with Gasteiger partial charge in [-0.05, 0) is 35.4 Å². The summed E-state index contributed by atoms with van der Waals surface area (Å²) in [5.41, 5.74) is 5.60. The molecule has 0 radical (unpaired) electrons. The number of halogens is 6. The SMILES string of the molecule is Cl.NC(C=O)(c1ccc(OCCC(F)(F)F)cc1)c1ccc(Cl)c(Cl)c1. The monoisotopic (exact) mass is 427 g/mol. The fraction of sp³-hybridized carbons (Fsp3) is 0.235. The van der Waals surface area contributed by atoms with Gasteiger partial charge in [0.15, 0.2) is 0 Å². The largest absolute Gasteiger partial charge is 0.493 e. The number of hydrogen-bond acceptors (Lipinski definition) is 3. The molecule has 3 nitrogen and oxygen atoms in total. The van der Waals surface area contributed by atoms with Gasteiger partial charge in [-0.25, -0.2) is 0 Å². The number of alkyl halides is 3. The van der Waals surface area contributed by atoms with Crippen LogP contribution in [0.5, 0.6) is 5.75 Å². The lowest BCUT2D eigenvalue weighted by atomic mass is 9.85. The minimum Gasteiger partial charge on any atom is -0.493 e. The summed E-state index contributed by atoms with van der Waals surface area (Å²) in [6.07, 6.45) is -4.77. The second-order valence-corrected chi connectivity index (χ2v) is 6.17. The molecule has 0 saturated carbocycles. The van der Waals surface area contributed by atoms with E-state index in [1.165, 1.54) is 36.4 Å². The molecule has 2 aromatic carbocycles. The predicted molar refractivity (Wildman–Crippen MR) is 97.4 cm³/mol. The highest BCUT2D eigenvalue weighted by Gasteiger charge is 2.30. The van der Waals surface area contributed by atoms with E-state index in [2.05, 4.69) is 0 Å². The second-order valence-electron chi connectivity index (χ2n) is 5.35. The maximum absolute atomic E-state index is 12.1. The van der Waals surface area contributed by atoms with Crippen LogP contribution in [0.25, 0.3) is 0 Å². The van der Waals surface area contributed by atoms with E-state index in [1.54, 1.807) is 6.07 Å². The van der Waals surface area contributed by atoms with Gasteiger partial charge in [-0.2, -0.15) is 13.2 Å². The summed E-state index contributed by atoms with van der Waals surface area (Å²) in [6.45, 7) is -0.489. The first-order chi connectivity index (χ1) is 11.7. The molecule has 0 amide bonds. The van der Waals surface area contributed by atoms with Crippen LogP contribution in [0.1, 0.15) is 17.5 Å². The van der Waals surface area contributed by atoms with Crippen molar-refractivity contribution in [3.63, 3.8) is 0 Å². The number of benzene rings is 2. The zero-order valence-corrected chi connectivity index (χ0v) is 15.6. The van der Waals surface area contributed by atoms with Gasteiger partial charge in [-0.1, -0.05) is 41.4 Å². The number of hydrogen-bond donors (Lipinski definition) is 1. The summed E-state index contributed by atoms with van der Waals surface area (Å²) in [4.78, 5) is 11.6. The van der Waals surface area contributed by atoms with Crippen LogP contribution in [-0.2, 0) is 10.3 Å². The molecule has 0 bridgehead atoms. The van der Waals surface area contributed by atoms with E-state index in [-0.39, 0.29) is 23.2 Å². The molecular formula is C17H15Cl3F3NO2. The van der Waals surface area contributed by atoms with Crippen molar-refractivity contribution in [2.75, 3.05) is 6.61 Å². The highest BCUT2D eigenvalue weighted by molar-refractivity contribution is 6.42. The molecule has 0 heterocycles. The smallest absolute Gasteiger partial charge is 0.392 e. The number of carbonyl (C=O) groups is 1. The van der Waals surface area contributed by atoms with Crippen LogP contribution < -0.4 is 10.5 Å². The van der Waals surface area contributed by atoms with Crippen molar-refractivity contribution in [3.05, 3.63) is 63.6 Å². The summed E-state index contributed by atoms with van der Waals surface area (Å²) in [7, 11) is 0. The zero-order valence-electron chi connectivity index (χ0n) is 13.2. The Hall–Kier alpha value is -1.47. The van der Waals surface area contributed by atoms with Crippen LogP contribution in [0.3, 0.4) is 0 Å². The minimum absolute atomic E-state index is 0. The van der Waals surface area contributed by atoms with Gasteiger partial charge in [0.25, 0.3) is 0 Å². The average molecular weight is 429 g/mol. The van der Waals surface area contributed by atoms with Crippen molar-refractivity contribution in [2.24, 2.45) is 5.73 Å². The Kier molecular flexibility index (Phi) is 7.77. The third kappa shape index (κ3) is 5.51. The summed E-state index contributed by atoms with van der Waals surface area (Å²) >= 11 is 11.8. The molecule has 0 aliphatic carbocycles. The standard InChI is InChI=1S/C17H14Cl2F3NO2.ClH/c18-14-6-3-12(9-15(14)19)16(23,10-24)11-1-4-13(5-2-11)25-8-7-17(20,21)22;/h1-6,9-10H,7-8,23H2;1H. The zero-order chi connectivity index (χ0) is 18.7. The van der Waals surface area contributed by atoms with Crippen LogP contribution in [0.4, 0.5) is 13.2 Å². The van der Waals surface area contributed by atoms with Crippen molar-refractivity contribution < 1.29 is 22.7 Å². The van der Waals surface area contributed by atoms with Crippen LogP contribution in [0, 0.1) is 0 Å². The Bertz CT molecular complexity index is 754. The van der Waals surface area contributed by atoms with Gasteiger partial charge >= 0.3 is 6.18 Å². The second kappa shape index (κ2) is 8.95. The van der Waals surface area contributed by atoms with E-state index >= 15 is 0 Å². The maximum Gasteiger partial charge on any atom is 0.392 e. The molecule has 0 aliphatic heterocycles. The molecule has 2 N–H and O–H groups in total. The van der Waals surface area contributed by atoms with Crippen LogP contribution in [-0.4, -0.2) is 19.1 Å². The molecular weight excluding hydrogens is 414 g/mol. The molecule has 0 aromatic heterocycles. The van der Waals surface area contributed by atoms with Gasteiger partial charge in [-0.15, -0.1) is 12.4 Å². The highest BCUT2D eigenvalue weighted by atomic mass is 35.5. The van der Waals surface area contributed by atoms with Gasteiger partial charge in [-0.3, -0.25) is 0 Å². The first-order valence-corrected chi connectivity index (χ1v) is 7.92. The number of nitrogens with two attached hydrogens (primary N) is 1. The molecule has 0 fully saturated rings. The molecule has 142 valence electrons. The molecule has 9 heteroatoms.